The Morgan fingerprint density at radius 3 is 2.59 bits per heavy atom. The van der Waals surface area contributed by atoms with Crippen molar-refractivity contribution in [3.8, 4) is 11.1 Å². The minimum absolute atomic E-state index is 0.00581. The van der Waals surface area contributed by atoms with Gasteiger partial charge in [-0.05, 0) is 47.9 Å². The number of aryl methyl sites for hydroxylation is 1. The summed E-state index contributed by atoms with van der Waals surface area (Å²) in [5.41, 5.74) is 1.38. The number of nitrogens with zero attached hydrogens (tertiary/aromatic N) is 3. The maximum atomic E-state index is 14.3. The van der Waals surface area contributed by atoms with E-state index in [1.165, 1.54) is 25.1 Å². The topological polar surface area (TPSA) is 170 Å². The summed E-state index contributed by atoms with van der Waals surface area (Å²) in [5, 5.41) is 29.6. The molecule has 4 rings (SSSR count). The van der Waals surface area contributed by atoms with Crippen molar-refractivity contribution < 1.29 is 37.9 Å². The maximum Gasteiger partial charge on any atom is 0.519 e. The molecule has 0 saturated carbocycles. The zero-order valence-corrected chi connectivity index (χ0v) is 21.1. The summed E-state index contributed by atoms with van der Waals surface area (Å²) in [6, 6.07) is 10.1. The van der Waals surface area contributed by atoms with Gasteiger partial charge in [-0.2, -0.15) is 0 Å². The third-order valence-electron chi connectivity index (χ3n) is 5.69. The van der Waals surface area contributed by atoms with E-state index in [1.807, 2.05) is 0 Å². The molecule has 0 aliphatic carbocycles. The highest BCUT2D eigenvalue weighted by molar-refractivity contribution is 6.30. The van der Waals surface area contributed by atoms with E-state index in [0.717, 1.165) is 6.20 Å². The van der Waals surface area contributed by atoms with Crippen LogP contribution in [0.5, 0.6) is 0 Å². The monoisotopic (exact) mass is 560 g/mol. The lowest BCUT2D eigenvalue weighted by Gasteiger charge is -2.21. The average molecular weight is 561 g/mol. The van der Waals surface area contributed by atoms with Crippen LogP contribution in [0, 0.1) is 12.7 Å². The molecular formula is C25H22ClFN4O8. The van der Waals surface area contributed by atoms with Gasteiger partial charge in [-0.25, -0.2) is 14.0 Å². The number of amides is 1. The van der Waals surface area contributed by atoms with Crippen molar-refractivity contribution in [3.63, 3.8) is 0 Å². The van der Waals surface area contributed by atoms with Crippen LogP contribution in [0.1, 0.15) is 34.0 Å². The number of rotatable bonds is 10. The van der Waals surface area contributed by atoms with E-state index in [0.29, 0.717) is 26.6 Å². The van der Waals surface area contributed by atoms with Gasteiger partial charge < -0.3 is 29.2 Å². The summed E-state index contributed by atoms with van der Waals surface area (Å²) in [6.45, 7) is 1.01. The molecule has 2 aromatic heterocycles. The number of aromatic nitrogens is 3. The Bertz CT molecular complexity index is 1530. The number of carbonyl (C=O) groups excluding carboxylic acids is 2. The quantitative estimate of drug-likeness (QED) is 0.193. The molecule has 12 nitrogen and oxygen atoms in total. The minimum atomic E-state index is -1.66. The van der Waals surface area contributed by atoms with Crippen LogP contribution in [0.2, 0.25) is 5.02 Å². The first-order chi connectivity index (χ1) is 18.6. The van der Waals surface area contributed by atoms with Crippen LogP contribution < -0.4 is 11.1 Å². The number of hydrogen-bond donors (Lipinski definition) is 3. The van der Waals surface area contributed by atoms with Gasteiger partial charge in [0.1, 0.15) is 5.82 Å². The van der Waals surface area contributed by atoms with Crippen LogP contribution in [-0.4, -0.2) is 49.5 Å². The van der Waals surface area contributed by atoms with Gasteiger partial charge in [-0.15, -0.1) is 5.10 Å². The van der Waals surface area contributed by atoms with Crippen molar-refractivity contribution in [2.45, 2.75) is 38.5 Å². The fraction of sp³-hybridized carbons (Fsp3) is 0.240. The maximum absolute atomic E-state index is 14.3. The minimum Gasteiger partial charge on any atom is -0.455 e. The molecule has 2 aromatic carbocycles. The molecule has 14 heteroatoms. The molecule has 0 radical (unpaired) electrons. The van der Waals surface area contributed by atoms with E-state index in [-0.39, 0.29) is 30.1 Å². The van der Waals surface area contributed by atoms with Crippen molar-refractivity contribution in [1.82, 2.24) is 20.5 Å². The van der Waals surface area contributed by atoms with Gasteiger partial charge >= 0.3 is 11.8 Å². The largest absolute Gasteiger partial charge is 0.519 e. The van der Waals surface area contributed by atoms with Gasteiger partial charge in [0.05, 0.1) is 6.20 Å². The van der Waals surface area contributed by atoms with Gasteiger partial charge in [-0.1, -0.05) is 40.7 Å². The van der Waals surface area contributed by atoms with Crippen molar-refractivity contribution >= 4 is 23.5 Å². The number of ether oxygens (including phenoxy) is 1. The average Bonchev–Trinajstić information content (AvgIpc) is 3.48. The molecule has 0 aliphatic heterocycles. The summed E-state index contributed by atoms with van der Waals surface area (Å²) in [5.74, 6) is -3.01. The van der Waals surface area contributed by atoms with E-state index in [2.05, 4.69) is 15.6 Å². The Kier molecular flexibility index (Phi) is 8.42. The van der Waals surface area contributed by atoms with Crippen molar-refractivity contribution in [2.24, 2.45) is 0 Å². The summed E-state index contributed by atoms with van der Waals surface area (Å²) in [6.07, 6.45) is -0.803. The molecule has 3 N–H and O–H groups in total. The summed E-state index contributed by atoms with van der Waals surface area (Å²) >= 11 is 5.99. The van der Waals surface area contributed by atoms with Crippen molar-refractivity contribution in [3.05, 3.63) is 92.9 Å². The van der Waals surface area contributed by atoms with E-state index in [4.69, 9.17) is 25.2 Å². The fourth-order valence-corrected chi connectivity index (χ4v) is 3.91. The van der Waals surface area contributed by atoms with Crippen LogP contribution in [-0.2, 0) is 22.6 Å². The number of halogens is 2. The highest BCUT2D eigenvalue weighted by Gasteiger charge is 2.26. The fourth-order valence-electron chi connectivity index (χ4n) is 3.74. The number of esters is 1. The molecule has 39 heavy (non-hydrogen) atoms. The van der Waals surface area contributed by atoms with Crippen molar-refractivity contribution in [1.29, 1.82) is 0 Å². The van der Waals surface area contributed by atoms with Crippen LogP contribution >= 0.6 is 11.6 Å². The molecule has 0 aliphatic rings. The van der Waals surface area contributed by atoms with E-state index in [9.17, 15) is 29.1 Å². The highest BCUT2D eigenvalue weighted by atomic mass is 35.5. The predicted molar refractivity (Wildman–Crippen MR) is 131 cm³/mol. The standard InChI is InChI=1S/C25H22ClFN4O8/c1-13-22(39-25(35)38-13)12-37-24(34)21(32)10-17(28-23(33)20-11-31(36)30-29-20)8-14-2-4-15(5-3-14)18-9-16(26)6-7-19(18)27/h2-7,9,11,17,21,32,36H,8,10,12H2,1H3,(H,28,33). The molecule has 0 spiro atoms. The van der Waals surface area contributed by atoms with Crippen LogP contribution in [0.4, 0.5) is 4.39 Å². The summed E-state index contributed by atoms with van der Waals surface area (Å²) in [7, 11) is 0. The predicted octanol–water partition coefficient (Wildman–Crippen LogP) is 2.67. The zero-order valence-electron chi connectivity index (χ0n) is 20.3. The number of hydrogen-bond acceptors (Lipinski definition) is 10. The second-order valence-corrected chi connectivity index (χ2v) is 8.95. The summed E-state index contributed by atoms with van der Waals surface area (Å²) in [4.78, 5) is 36.5. The third-order valence-corrected chi connectivity index (χ3v) is 5.92. The molecule has 0 saturated heterocycles. The molecule has 0 bridgehead atoms. The van der Waals surface area contributed by atoms with Crippen LogP contribution in [0.15, 0.2) is 62.3 Å². The first-order valence-electron chi connectivity index (χ1n) is 11.5. The van der Waals surface area contributed by atoms with Crippen molar-refractivity contribution in [2.75, 3.05) is 0 Å². The number of benzene rings is 2. The van der Waals surface area contributed by atoms with Gasteiger partial charge in [0.15, 0.2) is 29.9 Å². The SMILES string of the molecule is Cc1oc(=O)oc1COC(=O)C(O)CC(Cc1ccc(-c2cc(Cl)ccc2F)cc1)NC(=O)c1cn(O)nn1. The Hall–Kier alpha value is -4.49. The molecule has 204 valence electrons. The van der Waals surface area contributed by atoms with E-state index in [1.54, 1.807) is 24.3 Å². The number of carbonyl (C=O) groups is 2. The normalized spacial score (nSPS) is 12.6. The second kappa shape index (κ2) is 11.9. The lowest BCUT2D eigenvalue weighted by atomic mass is 9.97. The van der Waals surface area contributed by atoms with Gasteiger partial charge in [0.2, 0.25) is 0 Å². The first kappa shape index (κ1) is 27.5. The Labute approximate surface area is 224 Å². The van der Waals surface area contributed by atoms with E-state index < -0.39 is 42.3 Å². The molecule has 0 fully saturated rings. The number of aliphatic hydroxyl groups excluding tert-OH is 1. The smallest absolute Gasteiger partial charge is 0.455 e. The first-order valence-corrected chi connectivity index (χ1v) is 11.9. The third kappa shape index (κ3) is 7.09. The summed E-state index contributed by atoms with van der Waals surface area (Å²) < 4.78 is 28.7. The lowest BCUT2D eigenvalue weighted by Crippen LogP contribution is -2.41. The zero-order chi connectivity index (χ0) is 28.1. The Balaban J connectivity index is 1.47. The van der Waals surface area contributed by atoms with Gasteiger partial charge in [0.25, 0.3) is 5.91 Å². The molecule has 4 aromatic rings. The van der Waals surface area contributed by atoms with Gasteiger partial charge in [0, 0.05) is 23.0 Å². The Morgan fingerprint density at radius 1 is 1.21 bits per heavy atom. The second-order valence-electron chi connectivity index (χ2n) is 8.51. The van der Waals surface area contributed by atoms with E-state index >= 15 is 0 Å². The van der Waals surface area contributed by atoms with Gasteiger partial charge in [-0.3, -0.25) is 4.79 Å². The molecule has 1 amide bonds. The molecule has 2 atom stereocenters. The number of aliphatic hydroxyl groups is 1. The van der Waals surface area contributed by atoms with Crippen LogP contribution in [0.25, 0.3) is 11.1 Å². The Morgan fingerprint density at radius 2 is 1.95 bits per heavy atom. The van der Waals surface area contributed by atoms with Crippen LogP contribution in [0.3, 0.4) is 0 Å². The number of nitrogens with one attached hydrogen (secondary N) is 1. The highest BCUT2D eigenvalue weighted by Crippen LogP contribution is 2.26. The molecule has 2 unspecified atom stereocenters. The molecular weight excluding hydrogens is 539 g/mol. The molecule has 2 heterocycles. The lowest BCUT2D eigenvalue weighted by molar-refractivity contribution is -0.156.